The largest absolute Gasteiger partial charge is 0.497 e. The number of halogens is 2. The molecule has 0 radical (unpaired) electrons. The van der Waals surface area contributed by atoms with Crippen molar-refractivity contribution in [3.8, 4) is 11.5 Å². The van der Waals surface area contributed by atoms with Crippen LogP contribution in [0.1, 0.15) is 26.3 Å². The molecule has 0 aliphatic heterocycles. The van der Waals surface area contributed by atoms with Crippen molar-refractivity contribution >= 4 is 40.6 Å². The Balaban J connectivity index is 2.00. The lowest BCUT2D eigenvalue weighted by Gasteiger charge is -2.14. The molecule has 1 amide bonds. The van der Waals surface area contributed by atoms with Crippen LogP contribution < -0.4 is 14.8 Å². The van der Waals surface area contributed by atoms with Crippen molar-refractivity contribution in [2.24, 2.45) is 0 Å². The molecule has 29 heavy (non-hydrogen) atoms. The van der Waals surface area contributed by atoms with E-state index in [0.29, 0.717) is 32.8 Å². The molecule has 1 N–H and O–H groups in total. The normalized spacial score (nSPS) is 10.3. The maximum absolute atomic E-state index is 13.0. The topological polar surface area (TPSA) is 64.6 Å². The van der Waals surface area contributed by atoms with Gasteiger partial charge < -0.3 is 14.8 Å². The molecule has 0 aliphatic carbocycles. The smallest absolute Gasteiger partial charge is 0.259 e. The van der Waals surface area contributed by atoms with Gasteiger partial charge >= 0.3 is 0 Å². The van der Waals surface area contributed by atoms with Crippen LogP contribution in [0.5, 0.6) is 11.5 Å². The van der Waals surface area contributed by atoms with Crippen LogP contribution in [0.2, 0.25) is 10.0 Å². The summed E-state index contributed by atoms with van der Waals surface area (Å²) in [5.41, 5.74) is 1.10. The number of ketones is 1. The summed E-state index contributed by atoms with van der Waals surface area (Å²) >= 11 is 12.3. The number of ether oxygens (including phenoxy) is 2. The van der Waals surface area contributed by atoms with Crippen molar-refractivity contribution in [1.29, 1.82) is 0 Å². The van der Waals surface area contributed by atoms with Crippen molar-refractivity contribution in [1.82, 2.24) is 0 Å². The van der Waals surface area contributed by atoms with Gasteiger partial charge in [0.15, 0.2) is 5.78 Å². The molecule has 0 atom stereocenters. The third-order valence-electron chi connectivity index (χ3n) is 4.24. The van der Waals surface area contributed by atoms with Crippen molar-refractivity contribution < 1.29 is 19.1 Å². The fraction of sp³-hybridized carbons (Fsp3) is 0.0909. The Hall–Kier alpha value is -3.02. The molecule has 0 heterocycles. The van der Waals surface area contributed by atoms with E-state index < -0.39 is 5.91 Å². The first kappa shape index (κ1) is 20.7. The molecule has 0 aliphatic rings. The molecule has 0 aromatic heterocycles. The van der Waals surface area contributed by atoms with Gasteiger partial charge in [0.1, 0.15) is 11.5 Å². The number of amides is 1. The minimum absolute atomic E-state index is 0.223. The quantitative estimate of drug-likeness (QED) is 0.525. The Morgan fingerprint density at radius 2 is 1.59 bits per heavy atom. The molecule has 0 unspecified atom stereocenters. The predicted octanol–water partition coefficient (Wildman–Crippen LogP) is 5.49. The van der Waals surface area contributed by atoms with E-state index in [0.717, 1.165) is 0 Å². The van der Waals surface area contributed by atoms with Gasteiger partial charge in [0.2, 0.25) is 0 Å². The van der Waals surface area contributed by atoms with Crippen LogP contribution >= 0.6 is 23.2 Å². The highest BCUT2D eigenvalue weighted by Crippen LogP contribution is 2.29. The second-order valence-corrected chi connectivity index (χ2v) is 6.86. The van der Waals surface area contributed by atoms with E-state index in [1.807, 2.05) is 0 Å². The number of benzene rings is 3. The van der Waals surface area contributed by atoms with Gasteiger partial charge in [-0.3, -0.25) is 9.59 Å². The average molecular weight is 430 g/mol. The fourth-order valence-electron chi connectivity index (χ4n) is 2.78. The van der Waals surface area contributed by atoms with E-state index in [4.69, 9.17) is 32.7 Å². The molecule has 0 spiro atoms. The summed E-state index contributed by atoms with van der Waals surface area (Å²) in [7, 11) is 2.97. The lowest BCUT2D eigenvalue weighted by molar-refractivity contribution is 0.102. The summed E-state index contributed by atoms with van der Waals surface area (Å²) in [4.78, 5) is 26.0. The summed E-state index contributed by atoms with van der Waals surface area (Å²) in [6.07, 6.45) is 0. The Kier molecular flexibility index (Phi) is 6.42. The molecule has 7 heteroatoms. The predicted molar refractivity (Wildman–Crippen MR) is 114 cm³/mol. The maximum atomic E-state index is 13.0. The first-order valence-corrected chi connectivity index (χ1v) is 9.32. The van der Waals surface area contributed by atoms with Crippen LogP contribution in [0.25, 0.3) is 0 Å². The molecule has 0 saturated heterocycles. The lowest BCUT2D eigenvalue weighted by atomic mass is 10.0. The highest BCUT2D eigenvalue weighted by atomic mass is 35.5. The summed E-state index contributed by atoms with van der Waals surface area (Å²) in [6, 6.07) is 16.2. The van der Waals surface area contributed by atoms with Crippen LogP contribution in [0.3, 0.4) is 0 Å². The zero-order valence-electron chi connectivity index (χ0n) is 15.7. The van der Waals surface area contributed by atoms with Crippen molar-refractivity contribution in [2.45, 2.75) is 0 Å². The van der Waals surface area contributed by atoms with E-state index in [2.05, 4.69) is 5.32 Å². The minimum Gasteiger partial charge on any atom is -0.497 e. The molecule has 0 bridgehead atoms. The summed E-state index contributed by atoms with van der Waals surface area (Å²) in [5.74, 6) is 0.0537. The summed E-state index contributed by atoms with van der Waals surface area (Å²) in [6.45, 7) is 0. The summed E-state index contributed by atoms with van der Waals surface area (Å²) in [5, 5.41) is 3.42. The van der Waals surface area contributed by atoms with Gasteiger partial charge in [0.05, 0.1) is 30.5 Å². The van der Waals surface area contributed by atoms with Crippen molar-refractivity contribution in [2.75, 3.05) is 19.5 Å². The Bertz CT molecular complexity index is 1080. The number of hydrogen-bond donors (Lipinski definition) is 1. The van der Waals surface area contributed by atoms with Crippen molar-refractivity contribution in [3.63, 3.8) is 0 Å². The molecular weight excluding hydrogens is 413 g/mol. The van der Waals surface area contributed by atoms with Gasteiger partial charge in [0.25, 0.3) is 5.91 Å². The van der Waals surface area contributed by atoms with E-state index >= 15 is 0 Å². The average Bonchev–Trinajstić information content (AvgIpc) is 2.74. The molecule has 0 fully saturated rings. The zero-order chi connectivity index (χ0) is 21.0. The van der Waals surface area contributed by atoms with Crippen LogP contribution in [0.4, 0.5) is 5.69 Å². The van der Waals surface area contributed by atoms with E-state index in [1.165, 1.54) is 20.3 Å². The van der Waals surface area contributed by atoms with E-state index in [1.54, 1.807) is 54.6 Å². The highest BCUT2D eigenvalue weighted by Gasteiger charge is 2.20. The van der Waals surface area contributed by atoms with Crippen LogP contribution in [0, 0.1) is 0 Å². The molecule has 0 saturated carbocycles. The number of anilines is 1. The fourth-order valence-corrected chi connectivity index (χ4v) is 3.18. The Morgan fingerprint density at radius 1 is 0.828 bits per heavy atom. The van der Waals surface area contributed by atoms with Gasteiger partial charge in [-0.25, -0.2) is 0 Å². The van der Waals surface area contributed by atoms with Gasteiger partial charge in [-0.2, -0.15) is 0 Å². The van der Waals surface area contributed by atoms with Crippen molar-refractivity contribution in [3.05, 3.63) is 87.4 Å². The second kappa shape index (κ2) is 8.99. The molecular formula is C22H17Cl2NO4. The SMILES string of the molecule is COc1ccc(OC)c(C(=O)Nc2ccc(Cl)cc2C(=O)c2ccccc2Cl)c1. The standard InChI is InChI=1S/C22H17Cl2NO4/c1-28-14-8-10-20(29-2)17(12-14)22(27)25-19-9-7-13(23)11-16(19)21(26)15-5-3-4-6-18(15)24/h3-12H,1-2H3,(H,25,27). The maximum Gasteiger partial charge on any atom is 0.259 e. The van der Waals surface area contributed by atoms with E-state index in [9.17, 15) is 9.59 Å². The first-order valence-electron chi connectivity index (χ1n) is 8.56. The van der Waals surface area contributed by atoms with Crippen LogP contribution in [-0.4, -0.2) is 25.9 Å². The third kappa shape index (κ3) is 4.53. The first-order chi connectivity index (χ1) is 13.9. The van der Waals surface area contributed by atoms with Gasteiger partial charge in [-0.1, -0.05) is 35.3 Å². The van der Waals surface area contributed by atoms with Gasteiger partial charge in [-0.05, 0) is 48.5 Å². The Morgan fingerprint density at radius 3 is 2.28 bits per heavy atom. The molecule has 3 aromatic carbocycles. The number of nitrogens with one attached hydrogen (secondary N) is 1. The minimum atomic E-state index is -0.462. The number of hydrogen-bond acceptors (Lipinski definition) is 4. The number of carbonyl (C=O) groups is 2. The van der Waals surface area contributed by atoms with Crippen LogP contribution in [0.15, 0.2) is 60.7 Å². The summed E-state index contributed by atoms with van der Waals surface area (Å²) < 4.78 is 10.4. The monoisotopic (exact) mass is 429 g/mol. The molecule has 3 aromatic rings. The van der Waals surface area contributed by atoms with Crippen LogP contribution in [-0.2, 0) is 0 Å². The zero-order valence-corrected chi connectivity index (χ0v) is 17.2. The Labute approximate surface area is 178 Å². The number of carbonyl (C=O) groups excluding carboxylic acids is 2. The van der Waals surface area contributed by atoms with E-state index in [-0.39, 0.29) is 16.9 Å². The second-order valence-electron chi connectivity index (χ2n) is 6.02. The van der Waals surface area contributed by atoms with Gasteiger partial charge in [-0.15, -0.1) is 0 Å². The molecule has 3 rings (SSSR count). The highest BCUT2D eigenvalue weighted by molar-refractivity contribution is 6.36. The lowest BCUT2D eigenvalue weighted by Crippen LogP contribution is -2.16. The van der Waals surface area contributed by atoms with Gasteiger partial charge in [0, 0.05) is 16.1 Å². The number of methoxy groups -OCH3 is 2. The third-order valence-corrected chi connectivity index (χ3v) is 4.81. The molecule has 148 valence electrons. The number of rotatable bonds is 6. The molecule has 5 nitrogen and oxygen atoms in total.